The molecule has 1 rings (SSSR count). The highest BCUT2D eigenvalue weighted by atomic mass is 19.3. The summed E-state index contributed by atoms with van der Waals surface area (Å²) in [6.07, 6.45) is 1.49. The summed E-state index contributed by atoms with van der Waals surface area (Å²) < 4.78 is 25.2. The molecule has 78 valence electrons. The van der Waals surface area contributed by atoms with E-state index in [-0.39, 0.29) is 0 Å². The standard InChI is InChI=1S/C10H14F2N2/c1-2-5-14-9(10(11)12)8-4-3-6-13-7-8/h3-4,6-7,9-10,14H,2,5H2,1H3. The van der Waals surface area contributed by atoms with Gasteiger partial charge in [0.2, 0.25) is 0 Å². The lowest BCUT2D eigenvalue weighted by atomic mass is 10.1. The smallest absolute Gasteiger partial charge is 0.257 e. The van der Waals surface area contributed by atoms with E-state index in [1.807, 2.05) is 6.92 Å². The molecule has 1 atom stereocenters. The van der Waals surface area contributed by atoms with Crippen molar-refractivity contribution in [1.29, 1.82) is 0 Å². The van der Waals surface area contributed by atoms with Gasteiger partial charge in [-0.15, -0.1) is 0 Å². The maximum atomic E-state index is 12.6. The second-order valence-electron chi connectivity index (χ2n) is 3.05. The number of halogens is 2. The van der Waals surface area contributed by atoms with E-state index < -0.39 is 12.5 Å². The molecule has 0 spiro atoms. The van der Waals surface area contributed by atoms with Crippen LogP contribution in [0.15, 0.2) is 24.5 Å². The highest BCUT2D eigenvalue weighted by molar-refractivity contribution is 5.14. The predicted octanol–water partition coefficient (Wildman–Crippen LogP) is 2.39. The van der Waals surface area contributed by atoms with Crippen molar-refractivity contribution in [3.63, 3.8) is 0 Å². The van der Waals surface area contributed by atoms with Crippen LogP contribution in [0.2, 0.25) is 0 Å². The molecule has 0 aromatic carbocycles. The average Bonchev–Trinajstić information content (AvgIpc) is 2.19. The number of pyridine rings is 1. The molecule has 0 amide bonds. The van der Waals surface area contributed by atoms with Gasteiger partial charge in [0.25, 0.3) is 6.43 Å². The summed E-state index contributed by atoms with van der Waals surface area (Å²) >= 11 is 0. The van der Waals surface area contributed by atoms with Crippen molar-refractivity contribution in [2.75, 3.05) is 6.54 Å². The molecule has 0 radical (unpaired) electrons. The highest BCUT2D eigenvalue weighted by Gasteiger charge is 2.21. The SMILES string of the molecule is CCCNC(c1cccnc1)C(F)F. The normalized spacial score (nSPS) is 13.1. The van der Waals surface area contributed by atoms with Gasteiger partial charge in [0.1, 0.15) is 0 Å². The molecule has 14 heavy (non-hydrogen) atoms. The fourth-order valence-corrected chi connectivity index (χ4v) is 1.21. The summed E-state index contributed by atoms with van der Waals surface area (Å²) in [4.78, 5) is 3.82. The molecule has 0 aliphatic carbocycles. The number of nitrogens with one attached hydrogen (secondary N) is 1. The lowest BCUT2D eigenvalue weighted by molar-refractivity contribution is 0.0983. The molecule has 1 aromatic heterocycles. The van der Waals surface area contributed by atoms with E-state index in [0.717, 1.165) is 6.42 Å². The lowest BCUT2D eigenvalue weighted by Crippen LogP contribution is -2.28. The van der Waals surface area contributed by atoms with Gasteiger partial charge in [-0.05, 0) is 24.6 Å². The third kappa shape index (κ3) is 3.03. The minimum Gasteiger partial charge on any atom is -0.305 e. The fourth-order valence-electron chi connectivity index (χ4n) is 1.21. The van der Waals surface area contributed by atoms with Crippen molar-refractivity contribution in [2.45, 2.75) is 25.8 Å². The summed E-state index contributed by atoms with van der Waals surface area (Å²) in [7, 11) is 0. The van der Waals surface area contributed by atoms with Gasteiger partial charge in [0, 0.05) is 12.4 Å². The zero-order chi connectivity index (χ0) is 10.4. The monoisotopic (exact) mass is 200 g/mol. The summed E-state index contributed by atoms with van der Waals surface area (Å²) in [6, 6.07) is 2.42. The van der Waals surface area contributed by atoms with Crippen LogP contribution in [-0.4, -0.2) is 18.0 Å². The maximum absolute atomic E-state index is 12.6. The summed E-state index contributed by atoms with van der Waals surface area (Å²) in [5.74, 6) is 0. The molecule has 0 fully saturated rings. The molecule has 0 saturated heterocycles. The van der Waals surface area contributed by atoms with Crippen LogP contribution in [0.25, 0.3) is 0 Å². The minimum atomic E-state index is -2.40. The Labute approximate surface area is 82.4 Å². The minimum absolute atomic E-state index is 0.538. The van der Waals surface area contributed by atoms with Gasteiger partial charge in [-0.3, -0.25) is 4.98 Å². The van der Waals surface area contributed by atoms with E-state index in [0.29, 0.717) is 12.1 Å². The van der Waals surface area contributed by atoms with Crippen LogP contribution in [0.3, 0.4) is 0 Å². The fraction of sp³-hybridized carbons (Fsp3) is 0.500. The van der Waals surface area contributed by atoms with E-state index in [1.165, 1.54) is 6.20 Å². The first-order valence-electron chi connectivity index (χ1n) is 4.67. The number of nitrogens with zero attached hydrogens (tertiary/aromatic N) is 1. The molecule has 0 aliphatic rings. The Hall–Kier alpha value is -1.03. The third-order valence-corrected chi connectivity index (χ3v) is 1.91. The average molecular weight is 200 g/mol. The molecule has 0 saturated carbocycles. The van der Waals surface area contributed by atoms with Crippen molar-refractivity contribution in [3.05, 3.63) is 30.1 Å². The van der Waals surface area contributed by atoms with E-state index in [4.69, 9.17) is 0 Å². The topological polar surface area (TPSA) is 24.9 Å². The second-order valence-corrected chi connectivity index (χ2v) is 3.05. The van der Waals surface area contributed by atoms with E-state index >= 15 is 0 Å². The molecule has 4 heteroatoms. The summed E-state index contributed by atoms with van der Waals surface area (Å²) in [6.45, 7) is 2.53. The Morgan fingerprint density at radius 3 is 2.79 bits per heavy atom. The molecule has 1 unspecified atom stereocenters. The number of aromatic nitrogens is 1. The van der Waals surface area contributed by atoms with Crippen LogP contribution in [0.4, 0.5) is 8.78 Å². The highest BCUT2D eigenvalue weighted by Crippen LogP contribution is 2.19. The molecule has 1 N–H and O–H groups in total. The van der Waals surface area contributed by atoms with Gasteiger partial charge >= 0.3 is 0 Å². The van der Waals surface area contributed by atoms with Gasteiger partial charge in [-0.1, -0.05) is 13.0 Å². The predicted molar refractivity (Wildman–Crippen MR) is 51.3 cm³/mol. The van der Waals surface area contributed by atoms with Gasteiger partial charge in [-0.2, -0.15) is 0 Å². The van der Waals surface area contributed by atoms with Crippen molar-refractivity contribution < 1.29 is 8.78 Å². The third-order valence-electron chi connectivity index (χ3n) is 1.91. The first-order valence-corrected chi connectivity index (χ1v) is 4.67. The number of hydrogen-bond acceptors (Lipinski definition) is 2. The zero-order valence-electron chi connectivity index (χ0n) is 8.08. The largest absolute Gasteiger partial charge is 0.305 e. The Morgan fingerprint density at radius 2 is 2.29 bits per heavy atom. The van der Waals surface area contributed by atoms with E-state index in [9.17, 15) is 8.78 Å². The van der Waals surface area contributed by atoms with Gasteiger partial charge in [-0.25, -0.2) is 8.78 Å². The van der Waals surface area contributed by atoms with Crippen LogP contribution in [-0.2, 0) is 0 Å². The van der Waals surface area contributed by atoms with E-state index in [2.05, 4.69) is 10.3 Å². The van der Waals surface area contributed by atoms with Crippen molar-refractivity contribution in [1.82, 2.24) is 10.3 Å². The van der Waals surface area contributed by atoms with E-state index in [1.54, 1.807) is 18.3 Å². The Kier molecular flexibility index (Phi) is 4.46. The van der Waals surface area contributed by atoms with Crippen molar-refractivity contribution >= 4 is 0 Å². The van der Waals surface area contributed by atoms with Crippen molar-refractivity contribution in [2.24, 2.45) is 0 Å². The Balaban J connectivity index is 2.68. The molecular formula is C10H14F2N2. The molecular weight excluding hydrogens is 186 g/mol. The molecule has 0 aliphatic heterocycles. The van der Waals surface area contributed by atoms with Crippen LogP contribution in [0.5, 0.6) is 0 Å². The molecule has 0 bridgehead atoms. The number of hydrogen-bond donors (Lipinski definition) is 1. The molecule has 2 nitrogen and oxygen atoms in total. The number of rotatable bonds is 5. The Bertz CT molecular complexity index is 252. The van der Waals surface area contributed by atoms with Crippen LogP contribution in [0, 0.1) is 0 Å². The van der Waals surface area contributed by atoms with Crippen LogP contribution >= 0.6 is 0 Å². The molecule has 1 aromatic rings. The number of alkyl halides is 2. The zero-order valence-corrected chi connectivity index (χ0v) is 8.08. The first-order chi connectivity index (χ1) is 6.75. The Morgan fingerprint density at radius 1 is 1.50 bits per heavy atom. The van der Waals surface area contributed by atoms with Crippen molar-refractivity contribution in [3.8, 4) is 0 Å². The maximum Gasteiger partial charge on any atom is 0.257 e. The summed E-state index contributed by atoms with van der Waals surface area (Å²) in [5, 5.41) is 2.80. The first kappa shape index (κ1) is 11.0. The quantitative estimate of drug-likeness (QED) is 0.789. The summed E-state index contributed by atoms with van der Waals surface area (Å²) in [5.41, 5.74) is 0.538. The van der Waals surface area contributed by atoms with Gasteiger partial charge in [0.15, 0.2) is 0 Å². The lowest BCUT2D eigenvalue weighted by Gasteiger charge is -2.17. The van der Waals surface area contributed by atoms with Gasteiger partial charge in [0.05, 0.1) is 6.04 Å². The van der Waals surface area contributed by atoms with Crippen LogP contribution < -0.4 is 5.32 Å². The van der Waals surface area contributed by atoms with Crippen LogP contribution in [0.1, 0.15) is 24.9 Å². The molecule has 1 heterocycles. The van der Waals surface area contributed by atoms with Gasteiger partial charge < -0.3 is 5.32 Å². The second kappa shape index (κ2) is 5.65.